The molecule has 1 saturated heterocycles. The van der Waals surface area contributed by atoms with Crippen LogP contribution in [-0.4, -0.2) is 40.8 Å². The minimum atomic E-state index is -0.954. The third-order valence-corrected chi connectivity index (χ3v) is 6.10. The van der Waals surface area contributed by atoms with E-state index >= 15 is 0 Å². The topological polar surface area (TPSA) is 150 Å². The molecule has 4 rings (SSSR count). The van der Waals surface area contributed by atoms with Crippen molar-refractivity contribution in [1.29, 1.82) is 0 Å². The van der Waals surface area contributed by atoms with Crippen molar-refractivity contribution < 1.29 is 14.4 Å². The number of aryl methyl sites for hydroxylation is 2. The SMILES string of the molecule is Cc1ccc(C)c(NC(=O)[C@H]2CC(=O)Nc3nc(N4CCC(C(N)=O)CC4)[nH]c(=O)c32)c1. The Balaban J connectivity index is 1.61. The van der Waals surface area contributed by atoms with Crippen LogP contribution in [0.4, 0.5) is 17.5 Å². The number of anilines is 3. The minimum Gasteiger partial charge on any atom is -0.369 e. The van der Waals surface area contributed by atoms with Gasteiger partial charge in [0.2, 0.25) is 23.7 Å². The first-order chi connectivity index (χ1) is 15.2. The fourth-order valence-corrected chi connectivity index (χ4v) is 4.20. The first-order valence-corrected chi connectivity index (χ1v) is 10.6. The van der Waals surface area contributed by atoms with Crippen molar-refractivity contribution in [1.82, 2.24) is 9.97 Å². The van der Waals surface area contributed by atoms with Gasteiger partial charge in [0.05, 0.1) is 11.5 Å². The molecule has 0 saturated carbocycles. The molecule has 3 heterocycles. The monoisotopic (exact) mass is 438 g/mol. The number of rotatable bonds is 4. The molecule has 3 amide bonds. The number of nitrogens with two attached hydrogens (primary N) is 1. The van der Waals surface area contributed by atoms with Crippen LogP contribution in [-0.2, 0) is 14.4 Å². The van der Waals surface area contributed by atoms with Gasteiger partial charge in [0, 0.05) is 31.1 Å². The number of fused-ring (bicyclic) bond motifs is 1. The highest BCUT2D eigenvalue weighted by molar-refractivity contribution is 6.04. The van der Waals surface area contributed by atoms with Gasteiger partial charge in [-0.3, -0.25) is 24.2 Å². The van der Waals surface area contributed by atoms with Gasteiger partial charge >= 0.3 is 0 Å². The zero-order chi connectivity index (χ0) is 23.0. The van der Waals surface area contributed by atoms with Gasteiger partial charge in [-0.2, -0.15) is 4.98 Å². The summed E-state index contributed by atoms with van der Waals surface area (Å²) in [5.41, 5.74) is 7.56. The molecule has 0 unspecified atom stereocenters. The van der Waals surface area contributed by atoms with Crippen molar-refractivity contribution in [3.8, 4) is 0 Å². The number of nitrogens with zero attached hydrogens (tertiary/aromatic N) is 2. The molecule has 0 bridgehead atoms. The number of hydrogen-bond acceptors (Lipinski definition) is 6. The van der Waals surface area contributed by atoms with Crippen molar-refractivity contribution in [2.45, 2.75) is 39.0 Å². The van der Waals surface area contributed by atoms with Gasteiger partial charge in [-0.25, -0.2) is 0 Å². The molecule has 2 aliphatic heterocycles. The van der Waals surface area contributed by atoms with E-state index in [0.29, 0.717) is 37.6 Å². The summed E-state index contributed by atoms with van der Waals surface area (Å²) in [6, 6.07) is 5.68. The number of primary amides is 1. The standard InChI is InChI=1S/C22H26N6O4/c1-11-3-4-12(2)15(9-11)24-20(31)14-10-16(29)25-19-17(14)21(32)27-22(26-19)28-7-5-13(6-8-28)18(23)30/h3-4,9,13-14H,5-8,10H2,1-2H3,(H2,23,30)(H,24,31)(H2,25,26,27,29,32)/t14-/m0/s1. The second-order valence-electron chi connectivity index (χ2n) is 8.43. The number of nitrogens with one attached hydrogen (secondary N) is 3. The zero-order valence-corrected chi connectivity index (χ0v) is 18.0. The van der Waals surface area contributed by atoms with Crippen molar-refractivity contribution in [2.75, 3.05) is 28.6 Å². The lowest BCUT2D eigenvalue weighted by atomic mass is 9.92. The van der Waals surface area contributed by atoms with Crippen LogP contribution in [0.1, 0.15) is 41.9 Å². The van der Waals surface area contributed by atoms with E-state index in [0.717, 1.165) is 11.1 Å². The van der Waals surface area contributed by atoms with Gasteiger partial charge < -0.3 is 21.3 Å². The Labute approximate surface area is 184 Å². The molecule has 10 nitrogen and oxygen atoms in total. The number of carbonyl (C=O) groups is 3. The Kier molecular flexibility index (Phi) is 5.68. The van der Waals surface area contributed by atoms with Crippen LogP contribution in [0.2, 0.25) is 0 Å². The molecule has 1 atom stereocenters. The Morgan fingerprint density at radius 3 is 2.59 bits per heavy atom. The van der Waals surface area contributed by atoms with Crippen molar-refractivity contribution >= 4 is 35.2 Å². The molecule has 0 aliphatic carbocycles. The van der Waals surface area contributed by atoms with Crippen molar-refractivity contribution in [3.05, 3.63) is 45.2 Å². The van der Waals surface area contributed by atoms with E-state index in [1.807, 2.05) is 36.9 Å². The first kappa shape index (κ1) is 21.5. The fraction of sp³-hybridized carbons (Fsp3) is 0.409. The van der Waals surface area contributed by atoms with E-state index in [9.17, 15) is 19.2 Å². The van der Waals surface area contributed by atoms with Crippen LogP contribution < -0.4 is 26.8 Å². The lowest BCUT2D eigenvalue weighted by Crippen LogP contribution is -2.41. The van der Waals surface area contributed by atoms with Crippen LogP contribution in [0.15, 0.2) is 23.0 Å². The smallest absolute Gasteiger partial charge is 0.258 e. The zero-order valence-electron chi connectivity index (χ0n) is 18.0. The number of amides is 3. The fourth-order valence-electron chi connectivity index (χ4n) is 4.20. The van der Waals surface area contributed by atoms with E-state index in [-0.39, 0.29) is 35.5 Å². The largest absolute Gasteiger partial charge is 0.369 e. The number of carbonyl (C=O) groups excluding carboxylic acids is 3. The predicted molar refractivity (Wildman–Crippen MR) is 120 cm³/mol. The number of H-pyrrole nitrogens is 1. The highest BCUT2D eigenvalue weighted by atomic mass is 16.2. The van der Waals surface area contributed by atoms with Crippen LogP contribution in [0.25, 0.3) is 0 Å². The second kappa shape index (κ2) is 8.45. The van der Waals surface area contributed by atoms with Crippen LogP contribution in [0.3, 0.4) is 0 Å². The van der Waals surface area contributed by atoms with Gasteiger partial charge in [-0.1, -0.05) is 12.1 Å². The maximum Gasteiger partial charge on any atom is 0.258 e. The van der Waals surface area contributed by atoms with Crippen molar-refractivity contribution in [3.63, 3.8) is 0 Å². The normalized spacial score (nSPS) is 18.6. The third kappa shape index (κ3) is 4.20. The molecule has 32 heavy (non-hydrogen) atoms. The summed E-state index contributed by atoms with van der Waals surface area (Å²) in [6.07, 6.45) is 0.977. The number of hydrogen-bond donors (Lipinski definition) is 4. The summed E-state index contributed by atoms with van der Waals surface area (Å²) in [5, 5.41) is 5.47. The third-order valence-electron chi connectivity index (χ3n) is 6.10. The molecule has 168 valence electrons. The van der Waals surface area contributed by atoms with Gasteiger partial charge in [0.1, 0.15) is 5.82 Å². The summed E-state index contributed by atoms with van der Waals surface area (Å²) in [5.74, 6) is -1.91. The minimum absolute atomic E-state index is 0.0955. The molecule has 2 aliphatic rings. The van der Waals surface area contributed by atoms with E-state index in [4.69, 9.17) is 5.73 Å². The van der Waals surface area contributed by atoms with Crippen LogP contribution >= 0.6 is 0 Å². The van der Waals surface area contributed by atoms with Crippen LogP contribution in [0, 0.1) is 19.8 Å². The lowest BCUT2D eigenvalue weighted by Gasteiger charge is -2.32. The van der Waals surface area contributed by atoms with Crippen LogP contribution in [0.5, 0.6) is 0 Å². The maximum atomic E-state index is 13.1. The molecule has 10 heteroatoms. The Hall–Kier alpha value is -3.69. The summed E-state index contributed by atoms with van der Waals surface area (Å²) in [4.78, 5) is 58.8. The molecular formula is C22H26N6O4. The summed E-state index contributed by atoms with van der Waals surface area (Å²) < 4.78 is 0. The summed E-state index contributed by atoms with van der Waals surface area (Å²) in [7, 11) is 0. The molecule has 2 aromatic rings. The summed E-state index contributed by atoms with van der Waals surface area (Å²) in [6.45, 7) is 4.79. The average Bonchev–Trinajstić information content (AvgIpc) is 2.75. The molecule has 1 aromatic heterocycles. The number of benzene rings is 1. The molecule has 5 N–H and O–H groups in total. The molecule has 1 aromatic carbocycles. The molecule has 0 spiro atoms. The number of aromatic nitrogens is 2. The van der Waals surface area contributed by atoms with Gasteiger partial charge in [0.25, 0.3) is 5.56 Å². The quantitative estimate of drug-likeness (QED) is 0.562. The van der Waals surface area contributed by atoms with E-state index in [2.05, 4.69) is 20.6 Å². The first-order valence-electron chi connectivity index (χ1n) is 10.6. The Morgan fingerprint density at radius 1 is 1.19 bits per heavy atom. The Morgan fingerprint density at radius 2 is 1.91 bits per heavy atom. The van der Waals surface area contributed by atoms with E-state index in [1.54, 1.807) is 0 Å². The highest BCUT2D eigenvalue weighted by Gasteiger charge is 2.35. The van der Waals surface area contributed by atoms with Gasteiger partial charge in [-0.05, 0) is 43.9 Å². The number of aromatic amines is 1. The maximum absolute atomic E-state index is 13.1. The van der Waals surface area contributed by atoms with Gasteiger partial charge in [-0.15, -0.1) is 0 Å². The average molecular weight is 438 g/mol. The lowest BCUT2D eigenvalue weighted by molar-refractivity contribution is -0.123. The van der Waals surface area contributed by atoms with Crippen molar-refractivity contribution in [2.24, 2.45) is 11.7 Å². The van der Waals surface area contributed by atoms with E-state index in [1.165, 1.54) is 0 Å². The summed E-state index contributed by atoms with van der Waals surface area (Å²) >= 11 is 0. The highest BCUT2D eigenvalue weighted by Crippen LogP contribution is 2.31. The molecular weight excluding hydrogens is 412 g/mol. The number of piperidine rings is 1. The molecule has 1 fully saturated rings. The van der Waals surface area contributed by atoms with Gasteiger partial charge in [0.15, 0.2) is 0 Å². The second-order valence-corrected chi connectivity index (χ2v) is 8.43. The molecule has 0 radical (unpaired) electrons. The predicted octanol–water partition coefficient (Wildman–Crippen LogP) is 1.15. The Bertz CT molecular complexity index is 1150. The van der Waals surface area contributed by atoms with E-state index < -0.39 is 17.4 Å².